The Labute approximate surface area is 192 Å². The van der Waals surface area contributed by atoms with Gasteiger partial charge in [-0.1, -0.05) is 54.2 Å². The summed E-state index contributed by atoms with van der Waals surface area (Å²) in [6.45, 7) is 0.765. The van der Waals surface area contributed by atoms with Crippen LogP contribution in [-0.2, 0) is 22.9 Å². The number of carbonyl (C=O) groups excluding carboxylic acids is 1. The number of methoxy groups -OCH3 is 1. The van der Waals surface area contributed by atoms with Gasteiger partial charge in [0.2, 0.25) is 0 Å². The minimum atomic E-state index is -0.104. The second kappa shape index (κ2) is 9.89. The van der Waals surface area contributed by atoms with Crippen LogP contribution >= 0.6 is 11.8 Å². The Bertz CT molecular complexity index is 1150. The number of imidazole rings is 1. The first-order chi connectivity index (χ1) is 15.6. The summed E-state index contributed by atoms with van der Waals surface area (Å²) in [5, 5.41) is 0.797. The Balaban J connectivity index is 1.73. The number of benzene rings is 2. The van der Waals surface area contributed by atoms with Crippen molar-refractivity contribution >= 4 is 35.4 Å². The van der Waals surface area contributed by atoms with Crippen LogP contribution in [0.25, 0.3) is 17.7 Å². The van der Waals surface area contributed by atoms with E-state index in [9.17, 15) is 4.79 Å². The van der Waals surface area contributed by atoms with E-state index in [1.807, 2.05) is 77.6 Å². The van der Waals surface area contributed by atoms with Crippen LogP contribution in [0.3, 0.4) is 0 Å². The number of fused-ring (bicyclic) bond motifs is 1. The van der Waals surface area contributed by atoms with Crippen molar-refractivity contribution in [2.75, 3.05) is 20.4 Å². The van der Waals surface area contributed by atoms with Crippen LogP contribution < -0.4 is 4.74 Å². The van der Waals surface area contributed by atoms with Gasteiger partial charge in [-0.15, -0.1) is 0 Å². The van der Waals surface area contributed by atoms with E-state index >= 15 is 0 Å². The number of carbonyl (C=O) groups is 1. The zero-order chi connectivity index (χ0) is 22.5. The van der Waals surface area contributed by atoms with Crippen LogP contribution in [0.4, 0.5) is 0 Å². The summed E-state index contributed by atoms with van der Waals surface area (Å²) in [7, 11) is 3.38. The fraction of sp³-hybridized carbons (Fsp3) is 0.200. The molecule has 0 N–H and O–H groups in total. The number of likely N-dealkylation sites (N-methyl/N-ethyl adjacent to an activating group) is 1. The molecule has 3 aromatic rings. The maximum Gasteiger partial charge on any atom is 0.259 e. The molecule has 0 fully saturated rings. The summed E-state index contributed by atoms with van der Waals surface area (Å²) in [6.07, 6.45) is 7.49. The minimum Gasteiger partial charge on any atom is -0.497 e. The molecule has 2 heterocycles. The van der Waals surface area contributed by atoms with Crippen molar-refractivity contribution in [3.8, 4) is 5.75 Å². The number of ether oxygens (including phenoxy) is 2. The van der Waals surface area contributed by atoms with E-state index in [0.29, 0.717) is 12.2 Å². The van der Waals surface area contributed by atoms with Gasteiger partial charge in [0.15, 0.2) is 5.16 Å². The van der Waals surface area contributed by atoms with Gasteiger partial charge in [0.1, 0.15) is 12.5 Å². The molecule has 2 aromatic carbocycles. The summed E-state index contributed by atoms with van der Waals surface area (Å²) in [4.78, 5) is 19.6. The fourth-order valence-electron chi connectivity index (χ4n) is 3.49. The van der Waals surface area contributed by atoms with Crippen LogP contribution in [0, 0.1) is 0 Å². The molecule has 0 saturated carbocycles. The monoisotopic (exact) mass is 447 g/mol. The Morgan fingerprint density at radius 1 is 1.09 bits per heavy atom. The van der Waals surface area contributed by atoms with E-state index in [1.54, 1.807) is 25.3 Å². The van der Waals surface area contributed by atoms with Crippen molar-refractivity contribution < 1.29 is 14.3 Å². The highest BCUT2D eigenvalue weighted by Gasteiger charge is 2.27. The van der Waals surface area contributed by atoms with Crippen molar-refractivity contribution in [3.05, 3.63) is 83.3 Å². The van der Waals surface area contributed by atoms with Crippen LogP contribution in [-0.4, -0.2) is 40.8 Å². The Morgan fingerprint density at radius 3 is 2.53 bits per heavy atom. The predicted molar refractivity (Wildman–Crippen MR) is 128 cm³/mol. The van der Waals surface area contributed by atoms with Crippen molar-refractivity contribution in [2.24, 2.45) is 0 Å². The van der Waals surface area contributed by atoms with Gasteiger partial charge in [-0.25, -0.2) is 4.98 Å². The summed E-state index contributed by atoms with van der Waals surface area (Å²) in [5.41, 5.74) is 4.06. The van der Waals surface area contributed by atoms with E-state index in [4.69, 9.17) is 14.5 Å². The lowest BCUT2D eigenvalue weighted by Gasteiger charge is -2.16. The van der Waals surface area contributed by atoms with Crippen molar-refractivity contribution in [1.29, 1.82) is 0 Å². The Kier molecular flexibility index (Phi) is 6.78. The second-order valence-corrected chi connectivity index (χ2v) is 8.06. The fourth-order valence-corrected chi connectivity index (χ4v) is 4.05. The van der Waals surface area contributed by atoms with Crippen molar-refractivity contribution in [3.63, 3.8) is 0 Å². The van der Waals surface area contributed by atoms with E-state index in [2.05, 4.69) is 0 Å². The molecule has 0 aliphatic carbocycles. The molecule has 164 valence electrons. The predicted octanol–water partition coefficient (Wildman–Crippen LogP) is 4.77. The SMILES string of the molecule is COc1ccc(/C=C2/C(=O)N(C)C=Cc3nc(SC)n(COCc4ccccc4)c32)cc1. The highest BCUT2D eigenvalue weighted by Crippen LogP contribution is 2.32. The lowest BCUT2D eigenvalue weighted by Crippen LogP contribution is -2.22. The lowest BCUT2D eigenvalue weighted by atomic mass is 10.1. The first-order valence-corrected chi connectivity index (χ1v) is 11.4. The molecule has 0 spiro atoms. The zero-order valence-electron chi connectivity index (χ0n) is 18.3. The molecule has 1 amide bonds. The van der Waals surface area contributed by atoms with Crippen molar-refractivity contribution in [1.82, 2.24) is 14.5 Å². The first-order valence-electron chi connectivity index (χ1n) is 10.2. The van der Waals surface area contributed by atoms with Gasteiger partial charge in [0, 0.05) is 13.2 Å². The normalized spacial score (nSPS) is 14.5. The second-order valence-electron chi connectivity index (χ2n) is 7.29. The van der Waals surface area contributed by atoms with Crippen LogP contribution in [0.2, 0.25) is 0 Å². The molecule has 6 nitrogen and oxygen atoms in total. The third-order valence-corrected chi connectivity index (χ3v) is 5.84. The van der Waals surface area contributed by atoms with Gasteiger partial charge >= 0.3 is 0 Å². The van der Waals surface area contributed by atoms with Crippen LogP contribution in [0.15, 0.2) is 66.0 Å². The molecule has 32 heavy (non-hydrogen) atoms. The number of nitrogens with zero attached hydrogens (tertiary/aromatic N) is 3. The molecule has 1 aliphatic rings. The van der Waals surface area contributed by atoms with E-state index in [0.717, 1.165) is 33.4 Å². The maximum atomic E-state index is 13.3. The van der Waals surface area contributed by atoms with Crippen LogP contribution in [0.1, 0.15) is 22.5 Å². The molecule has 0 unspecified atom stereocenters. The summed E-state index contributed by atoms with van der Waals surface area (Å²) >= 11 is 1.53. The van der Waals surface area contributed by atoms with Gasteiger partial charge < -0.3 is 14.4 Å². The number of thioether (sulfide) groups is 1. The maximum absolute atomic E-state index is 13.3. The van der Waals surface area contributed by atoms with Gasteiger partial charge in [-0.3, -0.25) is 9.36 Å². The average molecular weight is 448 g/mol. The molecule has 1 aliphatic heterocycles. The quantitative estimate of drug-likeness (QED) is 0.386. The van der Waals surface area contributed by atoms with E-state index in [1.165, 1.54) is 11.8 Å². The molecule has 0 radical (unpaired) electrons. The number of rotatable bonds is 7. The molecular formula is C25H25N3O3S. The molecule has 4 rings (SSSR count). The van der Waals surface area contributed by atoms with Gasteiger partial charge in [-0.2, -0.15) is 0 Å². The summed E-state index contributed by atoms with van der Waals surface area (Å²) in [6, 6.07) is 17.6. The highest BCUT2D eigenvalue weighted by atomic mass is 32.2. The largest absolute Gasteiger partial charge is 0.497 e. The van der Waals surface area contributed by atoms with Gasteiger partial charge in [0.25, 0.3) is 5.91 Å². The zero-order valence-corrected chi connectivity index (χ0v) is 19.1. The van der Waals surface area contributed by atoms with E-state index in [-0.39, 0.29) is 12.6 Å². The number of aromatic nitrogens is 2. The van der Waals surface area contributed by atoms with Gasteiger partial charge in [-0.05, 0) is 41.7 Å². The molecule has 1 aromatic heterocycles. The van der Waals surface area contributed by atoms with Crippen LogP contribution in [0.5, 0.6) is 5.75 Å². The smallest absolute Gasteiger partial charge is 0.259 e. The molecule has 0 saturated heterocycles. The first kappa shape index (κ1) is 21.9. The summed E-state index contributed by atoms with van der Waals surface area (Å²) < 4.78 is 13.2. The molecule has 7 heteroatoms. The Morgan fingerprint density at radius 2 is 1.84 bits per heavy atom. The third-order valence-electron chi connectivity index (χ3n) is 5.16. The Hall–Kier alpha value is -3.29. The topological polar surface area (TPSA) is 56.6 Å². The minimum absolute atomic E-state index is 0.104. The number of hydrogen-bond acceptors (Lipinski definition) is 5. The number of amides is 1. The molecule has 0 atom stereocenters. The lowest BCUT2D eigenvalue weighted by molar-refractivity contribution is -0.121. The molecule has 0 bridgehead atoms. The molecular weight excluding hydrogens is 422 g/mol. The summed E-state index contributed by atoms with van der Waals surface area (Å²) in [5.74, 6) is 0.663. The highest BCUT2D eigenvalue weighted by molar-refractivity contribution is 7.98. The van der Waals surface area contributed by atoms with Gasteiger partial charge in [0.05, 0.1) is 30.7 Å². The third kappa shape index (κ3) is 4.64. The number of hydrogen-bond donors (Lipinski definition) is 0. The standard InChI is InChI=1S/C25H25N3O3S/c1-27-14-13-22-23(21(24(27)29)15-18-9-11-20(30-2)12-10-18)28(25(26-22)32-3)17-31-16-19-7-5-4-6-8-19/h4-15H,16-17H2,1-3H3/b21-15+. The average Bonchev–Trinajstić information content (AvgIpc) is 3.13. The van der Waals surface area contributed by atoms with E-state index < -0.39 is 0 Å². The van der Waals surface area contributed by atoms with Crippen molar-refractivity contribution in [2.45, 2.75) is 18.5 Å².